The molecule has 2 aliphatic rings. The van der Waals surface area contributed by atoms with E-state index in [4.69, 9.17) is 0 Å². The summed E-state index contributed by atoms with van der Waals surface area (Å²) in [5, 5.41) is 2.66. The van der Waals surface area contributed by atoms with Gasteiger partial charge < -0.3 is 5.32 Å². The summed E-state index contributed by atoms with van der Waals surface area (Å²) in [5.41, 5.74) is -1.40. The van der Waals surface area contributed by atoms with Gasteiger partial charge in [-0.05, 0) is 26.7 Å². The Balaban J connectivity index is 1.66. The zero-order valence-corrected chi connectivity index (χ0v) is 15.0. The van der Waals surface area contributed by atoms with E-state index in [2.05, 4.69) is 5.32 Å². The van der Waals surface area contributed by atoms with Gasteiger partial charge in [0.15, 0.2) is 0 Å². The topological polar surface area (TPSA) is 86.8 Å². The summed E-state index contributed by atoms with van der Waals surface area (Å²) in [4.78, 5) is 50.3. The van der Waals surface area contributed by atoms with Gasteiger partial charge in [-0.2, -0.15) is 0 Å². The van der Waals surface area contributed by atoms with Crippen molar-refractivity contribution in [3.05, 3.63) is 0 Å². The molecule has 1 N–H and O–H groups in total. The van der Waals surface area contributed by atoms with Gasteiger partial charge in [0.2, 0.25) is 11.8 Å². The van der Waals surface area contributed by atoms with E-state index in [1.807, 2.05) is 0 Å². The SMILES string of the molecule is CC1(C)CC(=O)N(CCCCCCN2C(=O)NC(C)(C)C2=O)C1=O. The molecular formula is C17H27N3O4. The van der Waals surface area contributed by atoms with Gasteiger partial charge in [-0.25, -0.2) is 4.79 Å². The van der Waals surface area contributed by atoms with Crippen molar-refractivity contribution in [3.63, 3.8) is 0 Å². The Morgan fingerprint density at radius 1 is 0.833 bits per heavy atom. The summed E-state index contributed by atoms with van der Waals surface area (Å²) in [6, 6.07) is -0.333. The highest BCUT2D eigenvalue weighted by atomic mass is 16.2. The van der Waals surface area contributed by atoms with E-state index < -0.39 is 11.0 Å². The molecule has 134 valence electrons. The molecular weight excluding hydrogens is 310 g/mol. The minimum absolute atomic E-state index is 0.0888. The number of carbonyl (C=O) groups is 4. The minimum atomic E-state index is -0.819. The number of hydrogen-bond donors (Lipinski definition) is 1. The lowest BCUT2D eigenvalue weighted by Crippen LogP contribution is -2.40. The van der Waals surface area contributed by atoms with Gasteiger partial charge in [0.25, 0.3) is 5.91 Å². The fraction of sp³-hybridized carbons (Fsp3) is 0.765. The number of rotatable bonds is 7. The molecule has 0 spiro atoms. The molecule has 5 amide bonds. The zero-order valence-electron chi connectivity index (χ0n) is 15.0. The monoisotopic (exact) mass is 337 g/mol. The van der Waals surface area contributed by atoms with E-state index in [9.17, 15) is 19.2 Å². The van der Waals surface area contributed by atoms with E-state index >= 15 is 0 Å². The first-order valence-electron chi connectivity index (χ1n) is 8.55. The lowest BCUT2D eigenvalue weighted by Gasteiger charge is -2.18. The lowest BCUT2D eigenvalue weighted by atomic mass is 9.92. The number of carbonyl (C=O) groups excluding carboxylic acids is 4. The number of likely N-dealkylation sites (tertiary alicyclic amines) is 1. The molecule has 0 aromatic carbocycles. The number of nitrogens with zero attached hydrogens (tertiary/aromatic N) is 2. The summed E-state index contributed by atoms with van der Waals surface area (Å²) in [6.07, 6.45) is 3.46. The summed E-state index contributed by atoms with van der Waals surface area (Å²) in [7, 11) is 0. The molecule has 2 fully saturated rings. The molecule has 0 aromatic heterocycles. The molecule has 0 unspecified atom stereocenters. The molecule has 2 heterocycles. The van der Waals surface area contributed by atoms with Crippen LogP contribution in [0, 0.1) is 5.41 Å². The van der Waals surface area contributed by atoms with Crippen LogP contribution in [-0.4, -0.2) is 52.2 Å². The number of unbranched alkanes of at least 4 members (excludes halogenated alkanes) is 3. The van der Waals surface area contributed by atoms with E-state index in [1.165, 1.54) is 9.80 Å². The largest absolute Gasteiger partial charge is 0.325 e. The molecule has 0 radical (unpaired) electrons. The van der Waals surface area contributed by atoms with Crippen molar-refractivity contribution < 1.29 is 19.2 Å². The highest BCUT2D eigenvalue weighted by molar-refractivity contribution is 6.06. The maximum atomic E-state index is 12.1. The van der Waals surface area contributed by atoms with Crippen LogP contribution in [-0.2, 0) is 14.4 Å². The third-order valence-corrected chi connectivity index (χ3v) is 4.68. The average Bonchev–Trinajstić information content (AvgIpc) is 2.77. The van der Waals surface area contributed by atoms with Crippen molar-refractivity contribution >= 4 is 23.8 Å². The van der Waals surface area contributed by atoms with Crippen LogP contribution in [0.5, 0.6) is 0 Å². The predicted molar refractivity (Wildman–Crippen MR) is 87.9 cm³/mol. The van der Waals surface area contributed by atoms with Gasteiger partial charge >= 0.3 is 6.03 Å². The zero-order chi connectivity index (χ0) is 18.1. The van der Waals surface area contributed by atoms with Crippen LogP contribution in [0.4, 0.5) is 4.79 Å². The highest BCUT2D eigenvalue weighted by Gasteiger charge is 2.44. The molecule has 24 heavy (non-hydrogen) atoms. The van der Waals surface area contributed by atoms with Gasteiger partial charge in [-0.1, -0.05) is 26.7 Å². The quantitative estimate of drug-likeness (QED) is 0.435. The Morgan fingerprint density at radius 3 is 1.79 bits per heavy atom. The van der Waals surface area contributed by atoms with Crippen LogP contribution >= 0.6 is 0 Å². The van der Waals surface area contributed by atoms with Crippen molar-refractivity contribution in [2.75, 3.05) is 13.1 Å². The van der Waals surface area contributed by atoms with Gasteiger partial charge in [0, 0.05) is 19.5 Å². The number of urea groups is 1. The second kappa shape index (κ2) is 6.53. The third-order valence-electron chi connectivity index (χ3n) is 4.68. The fourth-order valence-corrected chi connectivity index (χ4v) is 3.17. The van der Waals surface area contributed by atoms with Gasteiger partial charge in [0.05, 0.1) is 5.41 Å². The first kappa shape index (κ1) is 18.4. The minimum Gasteiger partial charge on any atom is -0.324 e. The molecule has 2 aliphatic heterocycles. The van der Waals surface area contributed by atoms with Crippen molar-refractivity contribution in [2.45, 2.75) is 65.3 Å². The number of amides is 5. The van der Waals surface area contributed by atoms with Crippen LogP contribution in [0.2, 0.25) is 0 Å². The van der Waals surface area contributed by atoms with Crippen LogP contribution in [0.15, 0.2) is 0 Å². The van der Waals surface area contributed by atoms with Crippen molar-refractivity contribution in [2.24, 2.45) is 5.41 Å². The second-order valence-electron chi connectivity index (χ2n) is 7.84. The fourth-order valence-electron chi connectivity index (χ4n) is 3.17. The third kappa shape index (κ3) is 3.60. The second-order valence-corrected chi connectivity index (χ2v) is 7.84. The van der Waals surface area contributed by atoms with Crippen LogP contribution in [0.3, 0.4) is 0 Å². The first-order chi connectivity index (χ1) is 11.1. The normalized spacial score (nSPS) is 22.5. The summed E-state index contributed by atoms with van der Waals surface area (Å²) < 4.78 is 0. The van der Waals surface area contributed by atoms with Crippen LogP contribution in [0.25, 0.3) is 0 Å². The van der Waals surface area contributed by atoms with E-state index in [0.717, 1.165) is 25.7 Å². The Hall–Kier alpha value is -1.92. The molecule has 2 saturated heterocycles. The van der Waals surface area contributed by atoms with Crippen molar-refractivity contribution in [3.8, 4) is 0 Å². The van der Waals surface area contributed by atoms with E-state index in [0.29, 0.717) is 13.1 Å². The Morgan fingerprint density at radius 2 is 1.38 bits per heavy atom. The number of nitrogens with one attached hydrogen (secondary N) is 1. The van der Waals surface area contributed by atoms with Gasteiger partial charge in [-0.15, -0.1) is 0 Å². The number of hydrogen-bond acceptors (Lipinski definition) is 4. The van der Waals surface area contributed by atoms with E-state index in [-0.39, 0.29) is 30.2 Å². The summed E-state index contributed by atoms with van der Waals surface area (Å²) in [5.74, 6) is -0.372. The Bertz CT molecular complexity index is 518. The lowest BCUT2D eigenvalue weighted by molar-refractivity contribution is -0.141. The molecule has 7 heteroatoms. The average molecular weight is 337 g/mol. The molecule has 0 saturated carbocycles. The smallest absolute Gasteiger partial charge is 0.324 e. The predicted octanol–water partition coefficient (Wildman–Crippen LogP) is 1.66. The Labute approximate surface area is 142 Å². The van der Waals surface area contributed by atoms with Gasteiger partial charge in [-0.3, -0.25) is 24.2 Å². The molecule has 0 aliphatic carbocycles. The number of imide groups is 2. The first-order valence-corrected chi connectivity index (χ1v) is 8.55. The summed E-state index contributed by atoms with van der Waals surface area (Å²) >= 11 is 0. The maximum Gasteiger partial charge on any atom is 0.325 e. The Kier molecular flexibility index (Phi) is 5.01. The van der Waals surface area contributed by atoms with E-state index in [1.54, 1.807) is 27.7 Å². The van der Waals surface area contributed by atoms with Gasteiger partial charge in [0.1, 0.15) is 5.54 Å². The standard InChI is InChI=1S/C17H27N3O4/c1-16(2)11-12(21)19(13(16)22)9-7-5-6-8-10-20-14(23)17(3,4)18-15(20)24/h5-11H2,1-4H3,(H,18,24). The summed E-state index contributed by atoms with van der Waals surface area (Å²) in [6.45, 7) is 7.84. The molecule has 2 rings (SSSR count). The molecule has 0 atom stereocenters. The maximum absolute atomic E-state index is 12.1. The molecule has 7 nitrogen and oxygen atoms in total. The molecule has 0 bridgehead atoms. The van der Waals surface area contributed by atoms with Crippen LogP contribution < -0.4 is 5.32 Å². The van der Waals surface area contributed by atoms with Crippen molar-refractivity contribution in [1.29, 1.82) is 0 Å². The van der Waals surface area contributed by atoms with Crippen molar-refractivity contribution in [1.82, 2.24) is 15.1 Å². The highest BCUT2D eigenvalue weighted by Crippen LogP contribution is 2.31. The molecule has 0 aromatic rings. The van der Waals surface area contributed by atoms with Crippen LogP contribution in [0.1, 0.15) is 59.8 Å².